The van der Waals surface area contributed by atoms with E-state index in [1.807, 2.05) is 6.07 Å². The summed E-state index contributed by atoms with van der Waals surface area (Å²) in [6.07, 6.45) is 0. The van der Waals surface area contributed by atoms with Gasteiger partial charge in [-0.05, 0) is 6.07 Å². The Hall–Kier alpha value is -1.95. The van der Waals surface area contributed by atoms with Gasteiger partial charge in [-0.15, -0.1) is 11.3 Å². The van der Waals surface area contributed by atoms with Crippen LogP contribution in [0.15, 0.2) is 12.1 Å². The highest BCUT2D eigenvalue weighted by atomic mass is 32.1. The summed E-state index contributed by atoms with van der Waals surface area (Å²) in [6.45, 7) is 0.655. The molecule has 96 valence electrons. The largest absolute Gasteiger partial charge is 0.495 e. The van der Waals surface area contributed by atoms with Gasteiger partial charge in [0.25, 0.3) is 6.47 Å². The van der Waals surface area contributed by atoms with E-state index >= 15 is 0 Å². The van der Waals surface area contributed by atoms with Crippen molar-refractivity contribution in [3.8, 4) is 11.5 Å². The minimum atomic E-state index is 0.231. The number of carbonyl (C=O) groups is 1. The molecule has 2 N–H and O–H groups in total. The third-order valence-corrected chi connectivity index (χ3v) is 3.64. The second kappa shape index (κ2) is 5.14. The first kappa shape index (κ1) is 12.5. The number of fused-ring (bicyclic) bond motifs is 1. The average molecular weight is 267 g/mol. The van der Waals surface area contributed by atoms with Crippen molar-refractivity contribution in [2.24, 2.45) is 0 Å². The average Bonchev–Trinajstić information content (AvgIpc) is 2.79. The molecule has 0 saturated carbocycles. The maximum atomic E-state index is 10.2. The zero-order valence-corrected chi connectivity index (χ0v) is 10.9. The molecule has 5 nitrogen and oxygen atoms in total. The summed E-state index contributed by atoms with van der Waals surface area (Å²) in [6, 6.07) is 3.61. The third kappa shape index (κ3) is 2.06. The van der Waals surface area contributed by atoms with Crippen LogP contribution < -0.4 is 15.2 Å². The lowest BCUT2D eigenvalue weighted by Crippen LogP contribution is -1.94. The van der Waals surface area contributed by atoms with Crippen LogP contribution in [0.3, 0.4) is 0 Å². The van der Waals surface area contributed by atoms with Gasteiger partial charge in [0.05, 0.1) is 24.6 Å². The second-order valence-electron chi connectivity index (χ2n) is 3.56. The maximum absolute atomic E-state index is 10.2. The van der Waals surface area contributed by atoms with Crippen LogP contribution in [0.2, 0.25) is 0 Å². The van der Waals surface area contributed by atoms with Crippen LogP contribution in [-0.2, 0) is 16.1 Å². The number of carbonyl (C=O) groups excluding carboxylic acids is 1. The third-order valence-electron chi connectivity index (χ3n) is 2.52. The normalized spacial score (nSPS) is 10.3. The van der Waals surface area contributed by atoms with Crippen molar-refractivity contribution in [3.05, 3.63) is 17.0 Å². The van der Waals surface area contributed by atoms with Crippen LogP contribution in [-0.4, -0.2) is 20.7 Å². The summed E-state index contributed by atoms with van der Waals surface area (Å²) in [4.78, 5) is 11.1. The summed E-state index contributed by atoms with van der Waals surface area (Å²) in [5, 5.41) is 0.865. The molecule has 0 saturated heterocycles. The standard InChI is InChI=1S/C12H13NO4S/c1-15-10-4-9(13)11(16-2)8-3-7(5-17-6-14)18-12(8)10/h3-4,6H,5,13H2,1-2H3. The second-order valence-corrected chi connectivity index (χ2v) is 4.70. The Kier molecular flexibility index (Phi) is 3.57. The fraction of sp³-hybridized carbons (Fsp3) is 0.250. The van der Waals surface area contributed by atoms with Gasteiger partial charge in [-0.25, -0.2) is 0 Å². The fourth-order valence-corrected chi connectivity index (χ4v) is 2.86. The first-order valence-corrected chi connectivity index (χ1v) is 6.01. The van der Waals surface area contributed by atoms with Crippen LogP contribution in [0.4, 0.5) is 5.69 Å². The van der Waals surface area contributed by atoms with Crippen molar-refractivity contribution >= 4 is 33.6 Å². The molecule has 0 aliphatic heterocycles. The van der Waals surface area contributed by atoms with Gasteiger partial charge in [0.2, 0.25) is 0 Å². The Morgan fingerprint density at radius 2 is 2.11 bits per heavy atom. The lowest BCUT2D eigenvalue weighted by molar-refractivity contribution is -0.129. The number of hydrogen-bond donors (Lipinski definition) is 1. The molecule has 0 spiro atoms. The summed E-state index contributed by atoms with van der Waals surface area (Å²) in [5.41, 5.74) is 6.41. The quantitative estimate of drug-likeness (QED) is 0.664. The molecule has 2 aromatic rings. The highest BCUT2D eigenvalue weighted by Crippen LogP contribution is 2.43. The lowest BCUT2D eigenvalue weighted by Gasteiger charge is -2.08. The maximum Gasteiger partial charge on any atom is 0.293 e. The van der Waals surface area contributed by atoms with E-state index in [0.29, 0.717) is 23.7 Å². The zero-order chi connectivity index (χ0) is 13.1. The highest BCUT2D eigenvalue weighted by Gasteiger charge is 2.15. The van der Waals surface area contributed by atoms with Gasteiger partial charge in [0.1, 0.15) is 12.4 Å². The van der Waals surface area contributed by atoms with Crippen molar-refractivity contribution in [2.75, 3.05) is 20.0 Å². The van der Waals surface area contributed by atoms with E-state index in [1.54, 1.807) is 20.3 Å². The topological polar surface area (TPSA) is 70.8 Å². The van der Waals surface area contributed by atoms with E-state index in [4.69, 9.17) is 19.9 Å². The molecule has 0 aliphatic rings. The summed E-state index contributed by atoms with van der Waals surface area (Å²) in [5.74, 6) is 1.30. The van der Waals surface area contributed by atoms with Crippen molar-refractivity contribution in [2.45, 2.75) is 6.61 Å². The van der Waals surface area contributed by atoms with E-state index < -0.39 is 0 Å². The molecular formula is C12H13NO4S. The van der Waals surface area contributed by atoms with E-state index in [2.05, 4.69) is 0 Å². The first-order valence-electron chi connectivity index (χ1n) is 5.19. The SMILES string of the molecule is COc1c(N)cc(OC)c2sc(COC=O)cc12. The summed E-state index contributed by atoms with van der Waals surface area (Å²) < 4.78 is 16.2. The van der Waals surface area contributed by atoms with E-state index in [9.17, 15) is 4.79 Å². The van der Waals surface area contributed by atoms with E-state index in [1.165, 1.54) is 11.3 Å². The minimum absolute atomic E-state index is 0.231. The van der Waals surface area contributed by atoms with Crippen molar-refractivity contribution in [1.82, 2.24) is 0 Å². The van der Waals surface area contributed by atoms with E-state index in [0.717, 1.165) is 15.0 Å². The number of benzene rings is 1. The molecule has 0 unspecified atom stereocenters. The summed E-state index contributed by atoms with van der Waals surface area (Å²) in [7, 11) is 3.15. The molecule has 0 fully saturated rings. The molecule has 1 heterocycles. The molecule has 1 aromatic heterocycles. The Labute approximate surface area is 108 Å². The molecule has 0 amide bonds. The van der Waals surface area contributed by atoms with Gasteiger partial charge < -0.3 is 19.9 Å². The monoisotopic (exact) mass is 267 g/mol. The van der Waals surface area contributed by atoms with Gasteiger partial charge in [-0.3, -0.25) is 4.79 Å². The number of ether oxygens (including phenoxy) is 3. The van der Waals surface area contributed by atoms with Crippen molar-refractivity contribution < 1.29 is 19.0 Å². The number of nitrogens with two attached hydrogens (primary N) is 1. The zero-order valence-electron chi connectivity index (χ0n) is 10.1. The molecule has 0 aliphatic carbocycles. The van der Waals surface area contributed by atoms with Crippen LogP contribution in [0.25, 0.3) is 10.1 Å². The van der Waals surface area contributed by atoms with Crippen LogP contribution >= 0.6 is 11.3 Å². The van der Waals surface area contributed by atoms with Gasteiger partial charge in [-0.1, -0.05) is 0 Å². The molecule has 0 atom stereocenters. The van der Waals surface area contributed by atoms with Crippen LogP contribution in [0, 0.1) is 0 Å². The van der Waals surface area contributed by atoms with Crippen LogP contribution in [0.1, 0.15) is 4.88 Å². The van der Waals surface area contributed by atoms with Gasteiger partial charge in [-0.2, -0.15) is 0 Å². The molecule has 1 aromatic carbocycles. The molecule has 18 heavy (non-hydrogen) atoms. The number of rotatable bonds is 5. The number of nitrogen functional groups attached to an aromatic ring is 1. The fourth-order valence-electron chi connectivity index (χ4n) is 1.79. The number of anilines is 1. The Morgan fingerprint density at radius 3 is 2.72 bits per heavy atom. The van der Waals surface area contributed by atoms with Crippen molar-refractivity contribution in [3.63, 3.8) is 0 Å². The predicted molar refractivity (Wildman–Crippen MR) is 70.2 cm³/mol. The molecule has 0 bridgehead atoms. The Morgan fingerprint density at radius 1 is 1.33 bits per heavy atom. The molecular weight excluding hydrogens is 254 g/mol. The van der Waals surface area contributed by atoms with Gasteiger partial charge in [0.15, 0.2) is 5.75 Å². The lowest BCUT2D eigenvalue weighted by atomic mass is 10.2. The minimum Gasteiger partial charge on any atom is -0.495 e. The summed E-state index contributed by atoms with van der Waals surface area (Å²) >= 11 is 1.48. The number of thiophene rings is 1. The smallest absolute Gasteiger partial charge is 0.293 e. The molecule has 2 rings (SSSR count). The Bertz CT molecular complexity index is 579. The van der Waals surface area contributed by atoms with Crippen LogP contribution in [0.5, 0.6) is 11.5 Å². The van der Waals surface area contributed by atoms with E-state index in [-0.39, 0.29) is 6.61 Å². The van der Waals surface area contributed by atoms with Crippen molar-refractivity contribution in [1.29, 1.82) is 0 Å². The Balaban J connectivity index is 2.60. The number of hydrogen-bond acceptors (Lipinski definition) is 6. The first-order chi connectivity index (χ1) is 8.71. The highest BCUT2D eigenvalue weighted by molar-refractivity contribution is 7.19. The van der Waals surface area contributed by atoms with Gasteiger partial charge in [0, 0.05) is 16.3 Å². The number of methoxy groups -OCH3 is 2. The van der Waals surface area contributed by atoms with Gasteiger partial charge >= 0.3 is 0 Å². The predicted octanol–water partition coefficient (Wildman–Crippen LogP) is 2.17. The molecule has 6 heteroatoms. The molecule has 0 radical (unpaired) electrons.